The number of ether oxygens (including phenoxy) is 2. The summed E-state index contributed by atoms with van der Waals surface area (Å²) in [5.74, 6) is 0.820. The number of nitrogens with one attached hydrogen (secondary N) is 2. The number of hydrogen-bond donors (Lipinski definition) is 2. The van der Waals surface area contributed by atoms with Crippen LogP contribution in [0.25, 0.3) is 0 Å². The number of rotatable bonds is 5. The maximum atomic E-state index is 11.7. The standard InChI is InChI=1S/C14H21N3O3/c1-19-13-4-2-12(3-5-13)16-8-11-20-14(18)17-9-6-15-7-10-17/h2-5,15-16H,6-11H2,1H3. The maximum absolute atomic E-state index is 11.7. The van der Waals surface area contributed by atoms with Gasteiger partial charge >= 0.3 is 6.09 Å². The van der Waals surface area contributed by atoms with E-state index in [1.807, 2.05) is 24.3 Å². The van der Waals surface area contributed by atoms with Crippen LogP contribution < -0.4 is 15.4 Å². The lowest BCUT2D eigenvalue weighted by Crippen LogP contribution is -2.46. The van der Waals surface area contributed by atoms with Crippen LogP contribution in [0.5, 0.6) is 5.75 Å². The van der Waals surface area contributed by atoms with Gasteiger partial charge in [0.15, 0.2) is 0 Å². The Morgan fingerprint density at radius 3 is 2.65 bits per heavy atom. The molecule has 2 rings (SSSR count). The highest BCUT2D eigenvalue weighted by Crippen LogP contribution is 2.14. The highest BCUT2D eigenvalue weighted by molar-refractivity contribution is 5.67. The second-order valence-corrected chi connectivity index (χ2v) is 4.51. The molecule has 0 aliphatic carbocycles. The molecule has 1 fully saturated rings. The second kappa shape index (κ2) is 7.59. The fraction of sp³-hybridized carbons (Fsp3) is 0.500. The lowest BCUT2D eigenvalue weighted by Gasteiger charge is -2.26. The van der Waals surface area contributed by atoms with Crippen molar-refractivity contribution in [1.29, 1.82) is 0 Å². The van der Waals surface area contributed by atoms with Gasteiger partial charge in [0, 0.05) is 38.4 Å². The molecule has 1 heterocycles. The smallest absolute Gasteiger partial charge is 0.409 e. The van der Waals surface area contributed by atoms with Crippen molar-refractivity contribution in [3.63, 3.8) is 0 Å². The van der Waals surface area contributed by atoms with Gasteiger partial charge < -0.3 is 25.0 Å². The molecule has 2 N–H and O–H groups in total. The number of hydrogen-bond acceptors (Lipinski definition) is 5. The summed E-state index contributed by atoms with van der Waals surface area (Å²) in [6, 6.07) is 7.62. The summed E-state index contributed by atoms with van der Waals surface area (Å²) in [7, 11) is 1.64. The van der Waals surface area contributed by atoms with E-state index in [0.29, 0.717) is 26.2 Å². The molecule has 0 atom stereocenters. The molecule has 20 heavy (non-hydrogen) atoms. The van der Waals surface area contributed by atoms with E-state index < -0.39 is 0 Å². The van der Waals surface area contributed by atoms with Crippen molar-refractivity contribution in [2.24, 2.45) is 0 Å². The van der Waals surface area contributed by atoms with Crippen LogP contribution in [-0.2, 0) is 4.74 Å². The Labute approximate surface area is 119 Å². The fourth-order valence-corrected chi connectivity index (χ4v) is 1.98. The molecule has 0 unspecified atom stereocenters. The molecular formula is C14H21N3O3. The summed E-state index contributed by atoms with van der Waals surface area (Å²) in [6.07, 6.45) is -0.233. The second-order valence-electron chi connectivity index (χ2n) is 4.51. The van der Waals surface area contributed by atoms with E-state index in [2.05, 4.69) is 10.6 Å². The molecule has 6 nitrogen and oxygen atoms in total. The quantitative estimate of drug-likeness (QED) is 0.792. The van der Waals surface area contributed by atoms with Crippen LogP contribution in [0, 0.1) is 0 Å². The number of piperazine rings is 1. The molecule has 0 bridgehead atoms. The maximum Gasteiger partial charge on any atom is 0.409 e. The van der Waals surface area contributed by atoms with Gasteiger partial charge in [-0.1, -0.05) is 0 Å². The molecule has 1 aromatic carbocycles. The average molecular weight is 279 g/mol. The zero-order chi connectivity index (χ0) is 14.2. The molecule has 1 amide bonds. The predicted octanol–water partition coefficient (Wildman–Crippen LogP) is 1.15. The van der Waals surface area contributed by atoms with Gasteiger partial charge in [-0.05, 0) is 24.3 Å². The van der Waals surface area contributed by atoms with Crippen LogP contribution in [0.3, 0.4) is 0 Å². The Morgan fingerprint density at radius 1 is 1.30 bits per heavy atom. The van der Waals surface area contributed by atoms with Crippen LogP contribution >= 0.6 is 0 Å². The third-order valence-electron chi connectivity index (χ3n) is 3.12. The molecule has 1 aliphatic rings. The van der Waals surface area contributed by atoms with E-state index in [1.165, 1.54) is 0 Å². The third kappa shape index (κ3) is 4.31. The summed E-state index contributed by atoms with van der Waals surface area (Å²) >= 11 is 0. The Morgan fingerprint density at radius 2 is 2.00 bits per heavy atom. The number of methoxy groups -OCH3 is 1. The van der Waals surface area contributed by atoms with Gasteiger partial charge in [0.05, 0.1) is 7.11 Å². The van der Waals surface area contributed by atoms with Crippen molar-refractivity contribution < 1.29 is 14.3 Å². The first-order chi connectivity index (χ1) is 9.79. The summed E-state index contributed by atoms with van der Waals surface area (Å²) in [5.41, 5.74) is 0.976. The van der Waals surface area contributed by atoms with E-state index in [1.54, 1.807) is 12.0 Å². The van der Waals surface area contributed by atoms with Crippen molar-refractivity contribution in [2.45, 2.75) is 0 Å². The van der Waals surface area contributed by atoms with Gasteiger partial charge in [-0.3, -0.25) is 0 Å². The van der Waals surface area contributed by atoms with Crippen molar-refractivity contribution in [2.75, 3.05) is 51.8 Å². The van der Waals surface area contributed by atoms with Gasteiger partial charge in [0.25, 0.3) is 0 Å². The van der Waals surface area contributed by atoms with Crippen molar-refractivity contribution in [3.05, 3.63) is 24.3 Å². The van der Waals surface area contributed by atoms with Crippen LogP contribution in [0.2, 0.25) is 0 Å². The summed E-state index contributed by atoms with van der Waals surface area (Å²) in [6.45, 7) is 4.03. The Hall–Kier alpha value is -1.95. The molecular weight excluding hydrogens is 258 g/mol. The van der Waals surface area contributed by atoms with E-state index in [9.17, 15) is 4.79 Å². The SMILES string of the molecule is COc1ccc(NCCOC(=O)N2CCNCC2)cc1. The molecule has 110 valence electrons. The zero-order valence-electron chi connectivity index (χ0n) is 11.7. The van der Waals surface area contributed by atoms with E-state index in [4.69, 9.17) is 9.47 Å². The third-order valence-corrected chi connectivity index (χ3v) is 3.12. The molecule has 0 spiro atoms. The monoisotopic (exact) mass is 279 g/mol. The minimum Gasteiger partial charge on any atom is -0.497 e. The van der Waals surface area contributed by atoms with Crippen molar-refractivity contribution in [1.82, 2.24) is 10.2 Å². The van der Waals surface area contributed by atoms with Crippen molar-refractivity contribution in [3.8, 4) is 5.75 Å². The van der Waals surface area contributed by atoms with Gasteiger partial charge in [-0.25, -0.2) is 4.79 Å². The molecule has 0 radical (unpaired) electrons. The minimum absolute atomic E-state index is 0.233. The van der Waals surface area contributed by atoms with Crippen LogP contribution in [-0.4, -0.2) is 57.4 Å². The number of nitrogens with zero attached hydrogens (tertiary/aromatic N) is 1. The zero-order valence-corrected chi connectivity index (χ0v) is 11.7. The van der Waals surface area contributed by atoms with Gasteiger partial charge in [-0.2, -0.15) is 0 Å². The molecule has 0 saturated carbocycles. The topological polar surface area (TPSA) is 62.8 Å². The summed E-state index contributed by atoms with van der Waals surface area (Å²) < 4.78 is 10.3. The van der Waals surface area contributed by atoms with E-state index in [0.717, 1.165) is 24.5 Å². The number of anilines is 1. The summed E-state index contributed by atoms with van der Waals surface area (Å²) in [5, 5.41) is 6.39. The minimum atomic E-state index is -0.233. The normalized spacial score (nSPS) is 14.8. The molecule has 1 aliphatic heterocycles. The molecule has 1 saturated heterocycles. The first kappa shape index (κ1) is 14.5. The molecule has 6 heteroatoms. The summed E-state index contributed by atoms with van der Waals surface area (Å²) in [4.78, 5) is 13.5. The average Bonchev–Trinajstić information content (AvgIpc) is 2.53. The Kier molecular flexibility index (Phi) is 5.49. The van der Waals surface area contributed by atoms with Gasteiger partial charge in [-0.15, -0.1) is 0 Å². The first-order valence-electron chi connectivity index (χ1n) is 6.80. The Balaban J connectivity index is 1.64. The van der Waals surface area contributed by atoms with Gasteiger partial charge in [0.2, 0.25) is 0 Å². The number of benzene rings is 1. The highest BCUT2D eigenvalue weighted by Gasteiger charge is 2.16. The first-order valence-corrected chi connectivity index (χ1v) is 6.80. The van der Waals surface area contributed by atoms with E-state index in [-0.39, 0.29) is 6.09 Å². The number of carbonyl (C=O) groups is 1. The number of amides is 1. The Bertz CT molecular complexity index is 416. The molecule has 0 aromatic heterocycles. The largest absolute Gasteiger partial charge is 0.497 e. The fourth-order valence-electron chi connectivity index (χ4n) is 1.98. The van der Waals surface area contributed by atoms with Gasteiger partial charge in [0.1, 0.15) is 12.4 Å². The van der Waals surface area contributed by atoms with Crippen LogP contribution in [0.4, 0.5) is 10.5 Å². The lowest BCUT2D eigenvalue weighted by molar-refractivity contribution is 0.101. The molecule has 1 aromatic rings. The highest BCUT2D eigenvalue weighted by atomic mass is 16.6. The predicted molar refractivity (Wildman–Crippen MR) is 77.3 cm³/mol. The lowest BCUT2D eigenvalue weighted by atomic mass is 10.3. The van der Waals surface area contributed by atoms with Crippen LogP contribution in [0.1, 0.15) is 0 Å². The number of carbonyl (C=O) groups excluding carboxylic acids is 1. The van der Waals surface area contributed by atoms with Crippen molar-refractivity contribution >= 4 is 11.8 Å². The van der Waals surface area contributed by atoms with E-state index >= 15 is 0 Å². The van der Waals surface area contributed by atoms with Crippen LogP contribution in [0.15, 0.2) is 24.3 Å².